The number of carbonyl (C=O) groups excluding carboxylic acids is 3. The van der Waals surface area contributed by atoms with E-state index >= 15 is 0 Å². The van der Waals surface area contributed by atoms with Gasteiger partial charge in [-0.2, -0.15) is 0 Å². The Morgan fingerprint density at radius 2 is 1.73 bits per heavy atom. The van der Waals surface area contributed by atoms with Gasteiger partial charge in [0.2, 0.25) is 0 Å². The Morgan fingerprint density at radius 3 is 2.46 bits per heavy atom. The second-order valence-electron chi connectivity index (χ2n) is 5.79. The predicted octanol–water partition coefficient (Wildman–Crippen LogP) is 4.29. The number of amides is 1. The molecule has 1 aromatic heterocycles. The number of ketones is 1. The van der Waals surface area contributed by atoms with E-state index in [1.165, 1.54) is 25.2 Å². The molecule has 1 N–H and O–H groups in total. The van der Waals surface area contributed by atoms with Gasteiger partial charge in [-0.1, -0.05) is 30.3 Å². The van der Waals surface area contributed by atoms with Crippen molar-refractivity contribution in [2.24, 2.45) is 0 Å². The van der Waals surface area contributed by atoms with Crippen LogP contribution in [0.5, 0.6) is 0 Å². The van der Waals surface area contributed by atoms with Gasteiger partial charge in [-0.05, 0) is 43.5 Å². The first-order valence-corrected chi connectivity index (χ1v) is 8.88. The van der Waals surface area contributed by atoms with Gasteiger partial charge in [-0.15, -0.1) is 11.3 Å². The fourth-order valence-electron chi connectivity index (χ4n) is 2.49. The number of hydrogen-bond donors (Lipinski definition) is 1. The van der Waals surface area contributed by atoms with E-state index in [0.717, 1.165) is 10.1 Å². The lowest BCUT2D eigenvalue weighted by atomic mass is 10.1. The number of benzene rings is 2. The summed E-state index contributed by atoms with van der Waals surface area (Å²) in [7, 11) is 0. The molecule has 1 amide bonds. The number of rotatable bonds is 5. The number of nitrogens with one attached hydrogen (secondary N) is 1. The lowest BCUT2D eigenvalue weighted by molar-refractivity contribution is -0.123. The molecule has 1 heterocycles. The van der Waals surface area contributed by atoms with E-state index in [1.807, 2.05) is 24.3 Å². The average molecular weight is 367 g/mol. The minimum absolute atomic E-state index is 0.157. The van der Waals surface area contributed by atoms with E-state index in [-0.39, 0.29) is 5.78 Å². The highest BCUT2D eigenvalue weighted by Gasteiger charge is 2.21. The zero-order valence-corrected chi connectivity index (χ0v) is 15.1. The van der Waals surface area contributed by atoms with Gasteiger partial charge in [0.15, 0.2) is 11.9 Å². The highest BCUT2D eigenvalue weighted by molar-refractivity contribution is 7.20. The van der Waals surface area contributed by atoms with Crippen LogP contribution >= 0.6 is 11.3 Å². The van der Waals surface area contributed by atoms with Gasteiger partial charge in [-0.3, -0.25) is 9.59 Å². The van der Waals surface area contributed by atoms with Crippen LogP contribution in [0.1, 0.15) is 33.9 Å². The Bertz CT molecular complexity index is 959. The zero-order chi connectivity index (χ0) is 18.7. The molecule has 0 aliphatic carbocycles. The van der Waals surface area contributed by atoms with E-state index in [9.17, 15) is 14.4 Å². The number of hydrogen-bond acceptors (Lipinski definition) is 5. The quantitative estimate of drug-likeness (QED) is 0.539. The first kappa shape index (κ1) is 17.8. The van der Waals surface area contributed by atoms with E-state index in [2.05, 4.69) is 5.32 Å². The average Bonchev–Trinajstić information content (AvgIpc) is 3.06. The molecular formula is C20H17NO4S. The van der Waals surface area contributed by atoms with Crippen LogP contribution in [0.25, 0.3) is 10.1 Å². The van der Waals surface area contributed by atoms with Gasteiger partial charge < -0.3 is 10.1 Å². The van der Waals surface area contributed by atoms with Crippen molar-refractivity contribution in [3.63, 3.8) is 0 Å². The zero-order valence-electron chi connectivity index (χ0n) is 14.3. The number of para-hydroxylation sites is 1. The normalized spacial score (nSPS) is 11.8. The first-order chi connectivity index (χ1) is 12.5. The van der Waals surface area contributed by atoms with Crippen LogP contribution in [-0.4, -0.2) is 23.8 Å². The van der Waals surface area contributed by atoms with Gasteiger partial charge in [0.1, 0.15) is 4.88 Å². The standard InChI is InChI=1S/C20H17NO4S/c1-12(22)15-8-4-5-9-16(15)21-19(23)13(2)25-20(24)18-11-14-7-3-6-10-17(14)26-18/h3-11,13H,1-2H3,(H,21,23)/t13-/m1/s1. The lowest BCUT2D eigenvalue weighted by Crippen LogP contribution is -2.30. The van der Waals surface area contributed by atoms with Gasteiger partial charge in [-0.25, -0.2) is 4.79 Å². The highest BCUT2D eigenvalue weighted by atomic mass is 32.1. The summed E-state index contributed by atoms with van der Waals surface area (Å²) in [5.41, 5.74) is 0.804. The third-order valence-corrected chi connectivity index (χ3v) is 4.94. The maximum Gasteiger partial charge on any atom is 0.349 e. The highest BCUT2D eigenvalue weighted by Crippen LogP contribution is 2.26. The second kappa shape index (κ2) is 7.49. The number of fused-ring (bicyclic) bond motifs is 1. The third kappa shape index (κ3) is 3.81. The molecule has 2 aromatic carbocycles. The summed E-state index contributed by atoms with van der Waals surface area (Å²) in [6.07, 6.45) is -0.993. The topological polar surface area (TPSA) is 72.5 Å². The van der Waals surface area contributed by atoms with Crippen LogP contribution in [0.2, 0.25) is 0 Å². The molecule has 5 nitrogen and oxygen atoms in total. The van der Waals surface area contributed by atoms with Crippen molar-refractivity contribution < 1.29 is 19.1 Å². The summed E-state index contributed by atoms with van der Waals surface area (Å²) in [6, 6.07) is 16.1. The van der Waals surface area contributed by atoms with Crippen molar-refractivity contribution in [3.8, 4) is 0 Å². The summed E-state index contributed by atoms with van der Waals surface area (Å²) >= 11 is 1.32. The van der Waals surface area contributed by atoms with Crippen LogP contribution in [0, 0.1) is 0 Å². The molecule has 132 valence electrons. The molecule has 0 fully saturated rings. The molecule has 0 unspecified atom stereocenters. The van der Waals surface area contributed by atoms with E-state index in [4.69, 9.17) is 4.74 Å². The summed E-state index contributed by atoms with van der Waals surface area (Å²) in [5, 5.41) is 3.60. The van der Waals surface area contributed by atoms with E-state index in [0.29, 0.717) is 16.1 Å². The molecule has 3 rings (SSSR count). The van der Waals surface area contributed by atoms with Gasteiger partial charge in [0, 0.05) is 10.3 Å². The lowest BCUT2D eigenvalue weighted by Gasteiger charge is -2.14. The van der Waals surface area contributed by atoms with Crippen LogP contribution in [0.4, 0.5) is 5.69 Å². The van der Waals surface area contributed by atoms with Crippen molar-refractivity contribution in [2.75, 3.05) is 5.32 Å². The summed E-state index contributed by atoms with van der Waals surface area (Å²) in [6.45, 7) is 2.92. The van der Waals surface area contributed by atoms with Crippen LogP contribution in [0.15, 0.2) is 54.6 Å². The van der Waals surface area contributed by atoms with Crippen molar-refractivity contribution in [3.05, 3.63) is 65.0 Å². The molecule has 0 saturated heterocycles. The fraction of sp³-hybridized carbons (Fsp3) is 0.150. The van der Waals surface area contributed by atoms with Gasteiger partial charge in [0.25, 0.3) is 5.91 Å². The number of thiophene rings is 1. The van der Waals surface area contributed by atoms with E-state index < -0.39 is 18.0 Å². The summed E-state index contributed by atoms with van der Waals surface area (Å²) < 4.78 is 6.25. The number of esters is 1. The fourth-order valence-corrected chi connectivity index (χ4v) is 3.43. The molecule has 0 aliphatic heterocycles. The van der Waals surface area contributed by atoms with Crippen molar-refractivity contribution in [1.29, 1.82) is 0 Å². The molecule has 0 spiro atoms. The molecule has 6 heteroatoms. The number of anilines is 1. The monoisotopic (exact) mass is 367 g/mol. The summed E-state index contributed by atoms with van der Waals surface area (Å²) in [4.78, 5) is 36.7. The molecule has 0 aliphatic rings. The molecule has 0 bridgehead atoms. The molecule has 0 radical (unpaired) electrons. The SMILES string of the molecule is CC(=O)c1ccccc1NC(=O)[C@@H](C)OC(=O)c1cc2ccccc2s1. The molecule has 1 atom stereocenters. The minimum atomic E-state index is -0.993. The Balaban J connectivity index is 1.69. The number of ether oxygens (including phenoxy) is 1. The minimum Gasteiger partial charge on any atom is -0.448 e. The Kier molecular flexibility index (Phi) is 5.14. The number of carbonyl (C=O) groups is 3. The molecular weight excluding hydrogens is 350 g/mol. The van der Waals surface area contributed by atoms with Crippen LogP contribution < -0.4 is 5.32 Å². The maximum atomic E-state index is 12.3. The third-order valence-electron chi connectivity index (χ3n) is 3.84. The Morgan fingerprint density at radius 1 is 1.04 bits per heavy atom. The van der Waals surface area contributed by atoms with Crippen LogP contribution in [-0.2, 0) is 9.53 Å². The van der Waals surface area contributed by atoms with Gasteiger partial charge >= 0.3 is 5.97 Å². The van der Waals surface area contributed by atoms with Gasteiger partial charge in [0.05, 0.1) is 5.69 Å². The predicted molar refractivity (Wildman–Crippen MR) is 102 cm³/mol. The Hall–Kier alpha value is -2.99. The Labute approximate surface area is 154 Å². The first-order valence-electron chi connectivity index (χ1n) is 8.06. The van der Waals surface area contributed by atoms with Crippen molar-refractivity contribution >= 4 is 44.8 Å². The molecule has 0 saturated carbocycles. The van der Waals surface area contributed by atoms with E-state index in [1.54, 1.807) is 30.3 Å². The molecule has 3 aromatic rings. The van der Waals surface area contributed by atoms with Crippen LogP contribution in [0.3, 0.4) is 0 Å². The largest absolute Gasteiger partial charge is 0.448 e. The second-order valence-corrected chi connectivity index (χ2v) is 6.87. The maximum absolute atomic E-state index is 12.3. The molecule has 26 heavy (non-hydrogen) atoms. The van der Waals surface area contributed by atoms with Crippen molar-refractivity contribution in [1.82, 2.24) is 0 Å². The summed E-state index contributed by atoms with van der Waals surface area (Å²) in [5.74, 6) is -1.20. The smallest absolute Gasteiger partial charge is 0.349 e. The number of Topliss-reactive ketones (excluding diaryl/α,β-unsaturated/α-hetero) is 1. The van der Waals surface area contributed by atoms with Crippen molar-refractivity contribution in [2.45, 2.75) is 20.0 Å².